The van der Waals surface area contributed by atoms with Crippen LogP contribution >= 0.6 is 12.4 Å². The molecule has 1 atom stereocenters. The lowest BCUT2D eigenvalue weighted by atomic mass is 9.82. The van der Waals surface area contributed by atoms with Gasteiger partial charge in [-0.15, -0.1) is 12.4 Å². The van der Waals surface area contributed by atoms with Gasteiger partial charge in [-0.3, -0.25) is 14.4 Å². The number of anilines is 1. The van der Waals surface area contributed by atoms with Crippen LogP contribution in [-0.4, -0.2) is 66.2 Å². The molecule has 2 amide bonds. The topological polar surface area (TPSA) is 81.2 Å². The molecule has 1 N–H and O–H groups in total. The molecular formula is C25H28ClN3O4. The summed E-state index contributed by atoms with van der Waals surface area (Å²) in [5.41, 5.74) is -0.246. The molecule has 1 spiro atoms. The molecule has 1 unspecified atom stereocenters. The number of hydrogen-bond acceptors (Lipinski definition) is 5. The summed E-state index contributed by atoms with van der Waals surface area (Å²) in [4.78, 5) is 45.5. The molecule has 2 aliphatic rings. The standard InChI is InChI=1S/C25H27N3O4.ClH/c1-4-27-19-14-9-8-13-18(19)25(24(27)32)20(21(29)17-11-6-5-7-12-17)22(30)23(31)28(25)16-10-15-26(2)3;/h5-9,11-14,29H,4,10,15-16H2,1-3H3;1H/b21-20-;. The van der Waals surface area contributed by atoms with Crippen molar-refractivity contribution in [1.29, 1.82) is 0 Å². The van der Waals surface area contributed by atoms with Gasteiger partial charge in [-0.2, -0.15) is 0 Å². The zero-order valence-electron chi connectivity index (χ0n) is 18.9. The minimum Gasteiger partial charge on any atom is -0.507 e. The van der Waals surface area contributed by atoms with Crippen LogP contribution in [0.3, 0.4) is 0 Å². The number of ketones is 1. The van der Waals surface area contributed by atoms with Crippen LogP contribution in [0.25, 0.3) is 5.76 Å². The Bertz CT molecular complexity index is 1120. The number of nitrogens with zero attached hydrogens (tertiary/aromatic N) is 3. The number of carbonyl (C=O) groups excluding carboxylic acids is 3. The third kappa shape index (κ3) is 3.61. The fraction of sp³-hybridized carbons (Fsp3) is 0.320. The number of aliphatic hydroxyl groups is 1. The maximum absolute atomic E-state index is 14.0. The summed E-state index contributed by atoms with van der Waals surface area (Å²) < 4.78 is 0. The van der Waals surface area contributed by atoms with E-state index in [2.05, 4.69) is 0 Å². The molecule has 2 aromatic carbocycles. The Morgan fingerprint density at radius 2 is 1.64 bits per heavy atom. The van der Waals surface area contributed by atoms with E-state index in [0.29, 0.717) is 36.3 Å². The number of benzene rings is 2. The first kappa shape index (κ1) is 24.5. The third-order valence-electron chi connectivity index (χ3n) is 6.16. The first-order valence-electron chi connectivity index (χ1n) is 10.8. The van der Waals surface area contributed by atoms with Gasteiger partial charge >= 0.3 is 0 Å². The molecular weight excluding hydrogens is 442 g/mol. The van der Waals surface area contributed by atoms with Crippen LogP contribution in [0, 0.1) is 0 Å². The van der Waals surface area contributed by atoms with Gasteiger partial charge in [0, 0.05) is 24.2 Å². The number of aliphatic hydroxyl groups excluding tert-OH is 1. The number of halogens is 1. The summed E-state index contributed by atoms with van der Waals surface area (Å²) in [5, 5.41) is 11.3. The van der Waals surface area contributed by atoms with Gasteiger partial charge in [0.25, 0.3) is 17.6 Å². The number of carbonyl (C=O) groups is 3. The number of Topliss-reactive ketones (excluding diaryl/α,β-unsaturated/α-hetero) is 1. The molecule has 0 bridgehead atoms. The molecule has 0 saturated carbocycles. The van der Waals surface area contributed by atoms with Crippen LogP contribution in [0.1, 0.15) is 24.5 Å². The molecule has 174 valence electrons. The minimum absolute atomic E-state index is 0. The second kappa shape index (κ2) is 9.37. The molecule has 2 aromatic rings. The van der Waals surface area contributed by atoms with Crippen molar-refractivity contribution in [3.05, 3.63) is 71.3 Å². The quantitative estimate of drug-likeness (QED) is 0.399. The zero-order valence-corrected chi connectivity index (χ0v) is 19.8. The second-order valence-corrected chi connectivity index (χ2v) is 8.31. The van der Waals surface area contributed by atoms with Crippen LogP contribution in [0.15, 0.2) is 60.2 Å². The molecule has 1 saturated heterocycles. The molecule has 2 aliphatic heterocycles. The Labute approximate surface area is 199 Å². The molecule has 0 aromatic heterocycles. The predicted octanol–water partition coefficient (Wildman–Crippen LogP) is 3.00. The molecule has 33 heavy (non-hydrogen) atoms. The van der Waals surface area contributed by atoms with Crippen LogP contribution in [-0.2, 0) is 19.9 Å². The summed E-state index contributed by atoms with van der Waals surface area (Å²) in [6, 6.07) is 15.8. The van der Waals surface area contributed by atoms with Crippen molar-refractivity contribution in [2.75, 3.05) is 38.6 Å². The van der Waals surface area contributed by atoms with Gasteiger partial charge in [0.05, 0.1) is 11.3 Å². The molecule has 7 nitrogen and oxygen atoms in total. The summed E-state index contributed by atoms with van der Waals surface area (Å²) >= 11 is 0. The minimum atomic E-state index is -1.67. The molecule has 1 fully saturated rings. The van der Waals surface area contributed by atoms with Crippen molar-refractivity contribution in [2.45, 2.75) is 18.9 Å². The largest absolute Gasteiger partial charge is 0.507 e. The Hall–Kier alpha value is -3.16. The van der Waals surface area contributed by atoms with E-state index < -0.39 is 17.2 Å². The maximum atomic E-state index is 14.0. The molecule has 0 radical (unpaired) electrons. The van der Waals surface area contributed by atoms with Crippen molar-refractivity contribution in [3.8, 4) is 0 Å². The van der Waals surface area contributed by atoms with E-state index in [4.69, 9.17) is 0 Å². The normalized spacial score (nSPS) is 21.2. The monoisotopic (exact) mass is 469 g/mol. The number of likely N-dealkylation sites (tertiary alicyclic amines) is 1. The average molecular weight is 470 g/mol. The van der Waals surface area contributed by atoms with E-state index in [0.717, 1.165) is 0 Å². The Kier molecular flexibility index (Phi) is 6.95. The van der Waals surface area contributed by atoms with Crippen molar-refractivity contribution < 1.29 is 19.5 Å². The molecule has 4 rings (SSSR count). The van der Waals surface area contributed by atoms with Gasteiger partial charge in [0.1, 0.15) is 5.76 Å². The number of para-hydroxylation sites is 1. The molecule has 8 heteroatoms. The maximum Gasteiger partial charge on any atom is 0.296 e. The highest BCUT2D eigenvalue weighted by molar-refractivity contribution is 6.50. The fourth-order valence-electron chi connectivity index (χ4n) is 4.77. The molecule has 2 heterocycles. The lowest BCUT2D eigenvalue weighted by Crippen LogP contribution is -2.52. The van der Waals surface area contributed by atoms with E-state index >= 15 is 0 Å². The zero-order chi connectivity index (χ0) is 23.0. The van der Waals surface area contributed by atoms with Gasteiger partial charge in [0.2, 0.25) is 0 Å². The molecule has 0 aliphatic carbocycles. The highest BCUT2D eigenvalue weighted by Crippen LogP contribution is 2.53. The number of hydrogen-bond donors (Lipinski definition) is 1. The third-order valence-corrected chi connectivity index (χ3v) is 6.16. The predicted molar refractivity (Wildman–Crippen MR) is 129 cm³/mol. The fourth-order valence-corrected chi connectivity index (χ4v) is 4.77. The van der Waals surface area contributed by atoms with Crippen molar-refractivity contribution in [2.24, 2.45) is 0 Å². The summed E-state index contributed by atoms with van der Waals surface area (Å²) in [5.74, 6) is -2.32. The van der Waals surface area contributed by atoms with Gasteiger partial charge < -0.3 is 19.8 Å². The van der Waals surface area contributed by atoms with Crippen molar-refractivity contribution in [1.82, 2.24) is 9.80 Å². The van der Waals surface area contributed by atoms with Gasteiger partial charge in [-0.25, -0.2) is 0 Å². The van der Waals surface area contributed by atoms with E-state index in [1.54, 1.807) is 47.4 Å². The van der Waals surface area contributed by atoms with Crippen LogP contribution in [0.4, 0.5) is 5.69 Å². The van der Waals surface area contributed by atoms with E-state index in [-0.39, 0.29) is 36.2 Å². The first-order chi connectivity index (χ1) is 15.4. The van der Waals surface area contributed by atoms with Gasteiger partial charge in [-0.1, -0.05) is 48.5 Å². The smallest absolute Gasteiger partial charge is 0.296 e. The number of fused-ring (bicyclic) bond motifs is 2. The average Bonchev–Trinajstić information content (AvgIpc) is 3.17. The van der Waals surface area contributed by atoms with Crippen molar-refractivity contribution >= 4 is 41.5 Å². The van der Waals surface area contributed by atoms with E-state index in [9.17, 15) is 19.5 Å². The summed E-state index contributed by atoms with van der Waals surface area (Å²) in [6.45, 7) is 3.13. The lowest BCUT2D eigenvalue weighted by Gasteiger charge is -2.34. The Morgan fingerprint density at radius 3 is 2.27 bits per heavy atom. The number of amides is 2. The highest BCUT2D eigenvalue weighted by Gasteiger charge is 2.66. The Balaban J connectivity index is 0.00000306. The second-order valence-electron chi connectivity index (χ2n) is 8.31. The Morgan fingerprint density at radius 1 is 1.00 bits per heavy atom. The highest BCUT2D eigenvalue weighted by atomic mass is 35.5. The summed E-state index contributed by atoms with van der Waals surface area (Å²) in [7, 11) is 3.85. The SMILES string of the molecule is CCN1C(=O)C2(/C(=C(\O)c3ccccc3)C(=O)C(=O)N2CCCN(C)C)c2ccccc21.Cl. The summed E-state index contributed by atoms with van der Waals surface area (Å²) in [6.07, 6.45) is 0.578. The van der Waals surface area contributed by atoms with Crippen LogP contribution < -0.4 is 4.90 Å². The van der Waals surface area contributed by atoms with E-state index in [1.807, 2.05) is 38.1 Å². The first-order valence-corrected chi connectivity index (χ1v) is 10.8. The van der Waals surface area contributed by atoms with Crippen molar-refractivity contribution in [3.63, 3.8) is 0 Å². The van der Waals surface area contributed by atoms with Crippen LogP contribution in [0.2, 0.25) is 0 Å². The number of rotatable bonds is 6. The van der Waals surface area contributed by atoms with Crippen LogP contribution in [0.5, 0.6) is 0 Å². The van der Waals surface area contributed by atoms with Gasteiger partial charge in [-0.05, 0) is 40.1 Å². The number of likely N-dealkylation sites (N-methyl/N-ethyl adjacent to an activating group) is 1. The van der Waals surface area contributed by atoms with E-state index in [1.165, 1.54) is 4.90 Å². The lowest BCUT2D eigenvalue weighted by molar-refractivity contribution is -0.143. The van der Waals surface area contributed by atoms with Gasteiger partial charge in [0.15, 0.2) is 5.54 Å².